The highest BCUT2D eigenvalue weighted by atomic mass is 19.3. The highest BCUT2D eigenvalue weighted by molar-refractivity contribution is 5.80. The lowest BCUT2D eigenvalue weighted by Crippen LogP contribution is -2.04. The molecule has 0 bridgehead atoms. The van der Waals surface area contributed by atoms with E-state index in [4.69, 9.17) is 0 Å². The number of pyridine rings is 1. The minimum atomic E-state index is -2.91. The van der Waals surface area contributed by atoms with Crippen LogP contribution in [0.5, 0.6) is 5.75 Å². The van der Waals surface area contributed by atoms with E-state index in [-0.39, 0.29) is 5.75 Å². The average molecular weight is 227 g/mol. The first-order valence-electron chi connectivity index (χ1n) is 4.58. The van der Waals surface area contributed by atoms with Gasteiger partial charge in [-0.3, -0.25) is 0 Å². The minimum absolute atomic E-state index is 0.0342. The molecule has 84 valence electrons. The number of aryl methyl sites for hydroxylation is 1. The van der Waals surface area contributed by atoms with Crippen LogP contribution in [0.4, 0.5) is 13.2 Å². The van der Waals surface area contributed by atoms with Crippen molar-refractivity contribution in [3.05, 3.63) is 35.8 Å². The predicted molar refractivity (Wildman–Crippen MR) is 53.1 cm³/mol. The summed E-state index contributed by atoms with van der Waals surface area (Å²) in [6.45, 7) is -1.35. The largest absolute Gasteiger partial charge is 0.433 e. The van der Waals surface area contributed by atoms with E-state index in [9.17, 15) is 13.2 Å². The molecule has 0 amide bonds. The number of hydrogen-bond acceptors (Lipinski definition) is 2. The topological polar surface area (TPSA) is 22.1 Å². The minimum Gasteiger partial charge on any atom is -0.433 e. The molecule has 0 N–H and O–H groups in total. The highest BCUT2D eigenvalue weighted by Gasteiger charge is 2.10. The number of nitrogens with zero attached hydrogens (tertiary/aromatic N) is 1. The van der Waals surface area contributed by atoms with E-state index < -0.39 is 12.4 Å². The fourth-order valence-electron chi connectivity index (χ4n) is 1.44. The molecule has 0 aliphatic carbocycles. The average Bonchev–Trinajstić information content (AvgIpc) is 2.19. The molecule has 0 saturated heterocycles. The number of aromatic nitrogens is 1. The van der Waals surface area contributed by atoms with Crippen molar-refractivity contribution >= 4 is 10.9 Å². The first kappa shape index (κ1) is 10.7. The van der Waals surface area contributed by atoms with Crippen molar-refractivity contribution in [3.8, 4) is 5.75 Å². The van der Waals surface area contributed by atoms with Crippen LogP contribution in [-0.2, 0) is 0 Å². The molecule has 2 nitrogen and oxygen atoms in total. The van der Waals surface area contributed by atoms with Crippen molar-refractivity contribution in [1.82, 2.24) is 4.98 Å². The van der Waals surface area contributed by atoms with Crippen molar-refractivity contribution in [2.75, 3.05) is 0 Å². The normalized spacial score (nSPS) is 11.1. The predicted octanol–water partition coefficient (Wildman–Crippen LogP) is 3.28. The van der Waals surface area contributed by atoms with Crippen LogP contribution in [0.1, 0.15) is 5.69 Å². The molecule has 0 atom stereocenters. The lowest BCUT2D eigenvalue weighted by atomic mass is 10.2. The van der Waals surface area contributed by atoms with Gasteiger partial charge >= 0.3 is 6.61 Å². The van der Waals surface area contributed by atoms with Crippen molar-refractivity contribution in [1.29, 1.82) is 0 Å². The second-order valence-electron chi connectivity index (χ2n) is 3.29. The number of halogens is 3. The Balaban J connectivity index is 2.55. The quantitative estimate of drug-likeness (QED) is 0.785. The maximum absolute atomic E-state index is 12.9. The summed E-state index contributed by atoms with van der Waals surface area (Å²) in [5.74, 6) is -0.478. The van der Waals surface area contributed by atoms with Gasteiger partial charge in [0, 0.05) is 5.39 Å². The molecule has 2 aromatic rings. The zero-order valence-corrected chi connectivity index (χ0v) is 8.38. The Bertz CT molecular complexity index is 528. The smallest absolute Gasteiger partial charge is 0.387 e. The van der Waals surface area contributed by atoms with Gasteiger partial charge in [-0.1, -0.05) is 0 Å². The Morgan fingerprint density at radius 3 is 2.69 bits per heavy atom. The van der Waals surface area contributed by atoms with Gasteiger partial charge in [0.05, 0.1) is 11.2 Å². The van der Waals surface area contributed by atoms with E-state index >= 15 is 0 Å². The number of hydrogen-bond donors (Lipinski definition) is 0. The molecule has 0 radical (unpaired) electrons. The summed E-state index contributed by atoms with van der Waals surface area (Å²) in [6, 6.07) is 5.33. The standard InChI is InChI=1S/C11H8F3NO/c1-6-10(16-11(13)14)5-7-4-8(12)2-3-9(7)15-6/h2-5,11H,1H3. The summed E-state index contributed by atoms with van der Waals surface area (Å²) in [7, 11) is 0. The molecule has 0 spiro atoms. The van der Waals surface area contributed by atoms with Gasteiger partial charge < -0.3 is 4.74 Å². The Kier molecular flexibility index (Phi) is 2.68. The number of alkyl halides is 2. The molecule has 0 aliphatic rings. The van der Waals surface area contributed by atoms with E-state index in [1.807, 2.05) is 0 Å². The Labute approximate surface area is 89.7 Å². The second-order valence-corrected chi connectivity index (χ2v) is 3.29. The third-order valence-corrected chi connectivity index (χ3v) is 2.14. The molecule has 0 saturated carbocycles. The van der Waals surface area contributed by atoms with Crippen LogP contribution >= 0.6 is 0 Å². The lowest BCUT2D eigenvalue weighted by Gasteiger charge is -2.08. The van der Waals surface area contributed by atoms with Gasteiger partial charge in [0.25, 0.3) is 0 Å². The Morgan fingerprint density at radius 2 is 2.00 bits per heavy atom. The fourth-order valence-corrected chi connectivity index (χ4v) is 1.44. The van der Waals surface area contributed by atoms with Gasteiger partial charge in [0.2, 0.25) is 0 Å². The molecule has 1 aromatic carbocycles. The summed E-state index contributed by atoms with van der Waals surface area (Å²) in [6.07, 6.45) is 0. The number of ether oxygens (including phenoxy) is 1. The molecule has 0 unspecified atom stereocenters. The zero-order chi connectivity index (χ0) is 11.7. The third-order valence-electron chi connectivity index (χ3n) is 2.14. The van der Waals surface area contributed by atoms with Crippen LogP contribution in [0.25, 0.3) is 10.9 Å². The van der Waals surface area contributed by atoms with E-state index in [2.05, 4.69) is 9.72 Å². The van der Waals surface area contributed by atoms with E-state index in [0.717, 1.165) is 0 Å². The van der Waals surface area contributed by atoms with Crippen LogP contribution in [0.2, 0.25) is 0 Å². The van der Waals surface area contributed by atoms with Crippen molar-refractivity contribution < 1.29 is 17.9 Å². The second kappa shape index (κ2) is 4.00. The van der Waals surface area contributed by atoms with Crippen LogP contribution in [0.3, 0.4) is 0 Å². The van der Waals surface area contributed by atoms with Crippen molar-refractivity contribution in [2.24, 2.45) is 0 Å². The van der Waals surface area contributed by atoms with Gasteiger partial charge in [0.15, 0.2) is 0 Å². The van der Waals surface area contributed by atoms with Crippen molar-refractivity contribution in [2.45, 2.75) is 13.5 Å². The van der Waals surface area contributed by atoms with Gasteiger partial charge in [-0.15, -0.1) is 0 Å². The molecular formula is C11H8F3NO. The number of fused-ring (bicyclic) bond motifs is 1. The maximum atomic E-state index is 12.9. The number of rotatable bonds is 2. The highest BCUT2D eigenvalue weighted by Crippen LogP contribution is 2.24. The van der Waals surface area contributed by atoms with Crippen molar-refractivity contribution in [3.63, 3.8) is 0 Å². The zero-order valence-electron chi connectivity index (χ0n) is 8.38. The monoisotopic (exact) mass is 227 g/mol. The molecule has 2 rings (SSSR count). The molecule has 5 heteroatoms. The first-order chi connectivity index (χ1) is 7.56. The Hall–Kier alpha value is -1.78. The van der Waals surface area contributed by atoms with Gasteiger partial charge in [-0.25, -0.2) is 9.37 Å². The van der Waals surface area contributed by atoms with E-state index in [1.165, 1.54) is 24.3 Å². The molecule has 0 aliphatic heterocycles. The van der Waals surface area contributed by atoms with Gasteiger partial charge in [-0.05, 0) is 31.2 Å². The molecule has 1 heterocycles. The van der Waals surface area contributed by atoms with E-state index in [1.54, 1.807) is 6.92 Å². The Morgan fingerprint density at radius 1 is 1.25 bits per heavy atom. The SMILES string of the molecule is Cc1nc2ccc(F)cc2cc1OC(F)F. The first-order valence-corrected chi connectivity index (χ1v) is 4.58. The van der Waals surface area contributed by atoms with Gasteiger partial charge in [-0.2, -0.15) is 8.78 Å². The third kappa shape index (κ3) is 2.08. The van der Waals surface area contributed by atoms with E-state index in [0.29, 0.717) is 16.6 Å². The summed E-state index contributed by atoms with van der Waals surface area (Å²) in [4.78, 5) is 4.04. The lowest BCUT2D eigenvalue weighted by molar-refractivity contribution is -0.0504. The van der Waals surface area contributed by atoms with Crippen LogP contribution in [0, 0.1) is 12.7 Å². The molecular weight excluding hydrogens is 219 g/mol. The number of benzene rings is 1. The van der Waals surface area contributed by atoms with Crippen LogP contribution < -0.4 is 4.74 Å². The molecule has 0 fully saturated rings. The summed E-state index contributed by atoms with van der Waals surface area (Å²) < 4.78 is 41.3. The fraction of sp³-hybridized carbons (Fsp3) is 0.182. The molecule has 1 aromatic heterocycles. The van der Waals surface area contributed by atoms with Crippen LogP contribution in [-0.4, -0.2) is 11.6 Å². The summed E-state index contributed by atoms with van der Waals surface area (Å²) in [5.41, 5.74) is 0.889. The summed E-state index contributed by atoms with van der Waals surface area (Å²) >= 11 is 0. The molecule has 16 heavy (non-hydrogen) atoms. The maximum Gasteiger partial charge on any atom is 0.387 e. The van der Waals surface area contributed by atoms with Crippen LogP contribution in [0.15, 0.2) is 24.3 Å². The van der Waals surface area contributed by atoms with Gasteiger partial charge in [0.1, 0.15) is 11.6 Å². The summed E-state index contributed by atoms with van der Waals surface area (Å²) in [5, 5.41) is 0.432.